The molecule has 0 bridgehead atoms. The molecule has 1 unspecified atom stereocenters. The van der Waals surface area contributed by atoms with Crippen LogP contribution in [-0.4, -0.2) is 55.5 Å². The molecule has 124 valence electrons. The summed E-state index contributed by atoms with van der Waals surface area (Å²) in [5.41, 5.74) is -0.420. The third kappa shape index (κ3) is 8.27. The summed E-state index contributed by atoms with van der Waals surface area (Å²) in [5, 5.41) is 3.46. The molecule has 1 atom stereocenters. The Morgan fingerprint density at radius 2 is 2.05 bits per heavy atom. The first-order chi connectivity index (χ1) is 9.83. The highest BCUT2D eigenvalue weighted by Crippen LogP contribution is 2.28. The molecule has 1 fully saturated rings. The molecule has 5 heteroatoms. The van der Waals surface area contributed by atoms with Crippen molar-refractivity contribution in [2.75, 3.05) is 26.8 Å². The van der Waals surface area contributed by atoms with Gasteiger partial charge in [0.15, 0.2) is 0 Å². The average Bonchev–Trinajstić information content (AvgIpc) is 3.18. The molecule has 1 saturated carbocycles. The zero-order chi connectivity index (χ0) is 15.9. The SMILES string of the molecule is COCCC(C)NCCCN(C(=O)OC(C)(C)C)C1CC1. The molecule has 1 rings (SSSR count). The summed E-state index contributed by atoms with van der Waals surface area (Å²) in [5.74, 6) is 0. The fraction of sp³-hybridized carbons (Fsp3) is 0.938. The maximum Gasteiger partial charge on any atom is 0.410 e. The van der Waals surface area contributed by atoms with Crippen molar-refractivity contribution in [3.8, 4) is 0 Å². The molecule has 1 aliphatic rings. The lowest BCUT2D eigenvalue weighted by atomic mass is 10.2. The molecule has 1 aliphatic carbocycles. The standard InChI is InChI=1S/C16H32N2O3/c1-13(9-12-20-5)17-10-6-11-18(14-7-8-14)15(19)21-16(2,3)4/h13-14,17H,6-12H2,1-5H3. The summed E-state index contributed by atoms with van der Waals surface area (Å²) in [6, 6.07) is 0.839. The van der Waals surface area contributed by atoms with E-state index in [9.17, 15) is 4.79 Å². The number of hydrogen-bond acceptors (Lipinski definition) is 4. The Morgan fingerprint density at radius 3 is 2.57 bits per heavy atom. The number of rotatable bonds is 9. The molecule has 1 N–H and O–H groups in total. The van der Waals surface area contributed by atoms with Gasteiger partial charge in [-0.3, -0.25) is 0 Å². The molecule has 21 heavy (non-hydrogen) atoms. The highest BCUT2D eigenvalue weighted by Gasteiger charge is 2.34. The van der Waals surface area contributed by atoms with E-state index in [2.05, 4.69) is 12.2 Å². The highest BCUT2D eigenvalue weighted by molar-refractivity contribution is 5.69. The number of carbonyl (C=O) groups excluding carboxylic acids is 1. The number of nitrogens with one attached hydrogen (secondary N) is 1. The van der Waals surface area contributed by atoms with Crippen molar-refractivity contribution in [3.63, 3.8) is 0 Å². The minimum atomic E-state index is -0.420. The van der Waals surface area contributed by atoms with Gasteiger partial charge in [0.25, 0.3) is 0 Å². The van der Waals surface area contributed by atoms with Gasteiger partial charge < -0.3 is 19.7 Å². The van der Waals surface area contributed by atoms with Crippen LogP contribution in [0.3, 0.4) is 0 Å². The lowest BCUT2D eigenvalue weighted by Gasteiger charge is -2.27. The van der Waals surface area contributed by atoms with E-state index in [0.717, 1.165) is 45.4 Å². The summed E-state index contributed by atoms with van der Waals surface area (Å²) in [7, 11) is 1.72. The molecule has 0 radical (unpaired) electrons. The number of amides is 1. The second-order valence-electron chi connectivity index (χ2n) is 6.90. The van der Waals surface area contributed by atoms with Crippen LogP contribution in [0.2, 0.25) is 0 Å². The molecule has 0 saturated heterocycles. The van der Waals surface area contributed by atoms with Gasteiger partial charge in [0.2, 0.25) is 0 Å². The number of ether oxygens (including phenoxy) is 2. The van der Waals surface area contributed by atoms with Crippen LogP contribution >= 0.6 is 0 Å². The van der Waals surface area contributed by atoms with Crippen LogP contribution in [0.15, 0.2) is 0 Å². The Bertz CT molecular complexity index is 311. The second-order valence-corrected chi connectivity index (χ2v) is 6.90. The predicted molar refractivity (Wildman–Crippen MR) is 84.5 cm³/mol. The van der Waals surface area contributed by atoms with Crippen LogP contribution in [-0.2, 0) is 9.47 Å². The van der Waals surface area contributed by atoms with Crippen molar-refractivity contribution in [2.45, 2.75) is 71.1 Å². The van der Waals surface area contributed by atoms with Gasteiger partial charge in [-0.2, -0.15) is 0 Å². The fourth-order valence-corrected chi connectivity index (χ4v) is 2.12. The molecule has 0 aromatic rings. The highest BCUT2D eigenvalue weighted by atomic mass is 16.6. The minimum Gasteiger partial charge on any atom is -0.444 e. The first-order valence-corrected chi connectivity index (χ1v) is 8.05. The van der Waals surface area contributed by atoms with Crippen LogP contribution < -0.4 is 5.32 Å². The minimum absolute atomic E-state index is 0.169. The number of hydrogen-bond donors (Lipinski definition) is 1. The Hall–Kier alpha value is -0.810. The third-order valence-electron chi connectivity index (χ3n) is 3.44. The Labute approximate surface area is 129 Å². The number of methoxy groups -OCH3 is 1. The van der Waals surface area contributed by atoms with E-state index in [4.69, 9.17) is 9.47 Å². The Kier molecular flexibility index (Phi) is 7.46. The first-order valence-electron chi connectivity index (χ1n) is 8.05. The van der Waals surface area contributed by atoms with E-state index in [1.807, 2.05) is 25.7 Å². The van der Waals surface area contributed by atoms with Crippen molar-refractivity contribution < 1.29 is 14.3 Å². The van der Waals surface area contributed by atoms with Gasteiger partial charge in [0.1, 0.15) is 5.60 Å². The summed E-state index contributed by atoms with van der Waals surface area (Å²) in [6.45, 7) is 10.4. The Balaban J connectivity index is 2.24. The molecule has 0 spiro atoms. The second kappa shape index (κ2) is 8.59. The van der Waals surface area contributed by atoms with Gasteiger partial charge in [0.05, 0.1) is 0 Å². The lowest BCUT2D eigenvalue weighted by Crippen LogP contribution is -2.40. The van der Waals surface area contributed by atoms with Gasteiger partial charge in [0, 0.05) is 32.3 Å². The van der Waals surface area contributed by atoms with Crippen molar-refractivity contribution >= 4 is 6.09 Å². The van der Waals surface area contributed by atoms with Crippen molar-refractivity contribution in [3.05, 3.63) is 0 Å². The third-order valence-corrected chi connectivity index (χ3v) is 3.44. The summed E-state index contributed by atoms with van der Waals surface area (Å²) >= 11 is 0. The predicted octanol–water partition coefficient (Wildman–Crippen LogP) is 2.79. The topological polar surface area (TPSA) is 50.8 Å². The van der Waals surface area contributed by atoms with Crippen LogP contribution in [0.5, 0.6) is 0 Å². The van der Waals surface area contributed by atoms with Gasteiger partial charge in [-0.05, 0) is 59.9 Å². The van der Waals surface area contributed by atoms with Crippen LogP contribution in [0.1, 0.15) is 53.4 Å². The first kappa shape index (κ1) is 18.2. The van der Waals surface area contributed by atoms with Crippen LogP contribution in [0.4, 0.5) is 4.79 Å². The van der Waals surface area contributed by atoms with Gasteiger partial charge in [-0.1, -0.05) is 0 Å². The number of carbonyl (C=O) groups is 1. The number of nitrogens with zero attached hydrogens (tertiary/aromatic N) is 1. The van der Waals surface area contributed by atoms with Crippen LogP contribution in [0, 0.1) is 0 Å². The average molecular weight is 300 g/mol. The molecular weight excluding hydrogens is 268 g/mol. The van der Waals surface area contributed by atoms with Crippen molar-refractivity contribution in [1.82, 2.24) is 10.2 Å². The molecule has 0 aliphatic heterocycles. The van der Waals surface area contributed by atoms with Gasteiger partial charge >= 0.3 is 6.09 Å². The van der Waals surface area contributed by atoms with E-state index in [1.54, 1.807) is 7.11 Å². The maximum atomic E-state index is 12.2. The summed E-state index contributed by atoms with van der Waals surface area (Å²) in [4.78, 5) is 14.1. The molecular formula is C16H32N2O3. The molecule has 0 aromatic heterocycles. The summed E-state index contributed by atoms with van der Waals surface area (Å²) < 4.78 is 10.5. The quantitative estimate of drug-likeness (QED) is 0.665. The maximum absolute atomic E-state index is 12.2. The molecule has 0 aromatic carbocycles. The van der Waals surface area contributed by atoms with E-state index >= 15 is 0 Å². The molecule has 5 nitrogen and oxygen atoms in total. The fourth-order valence-electron chi connectivity index (χ4n) is 2.12. The van der Waals surface area contributed by atoms with Crippen molar-refractivity contribution in [2.24, 2.45) is 0 Å². The largest absolute Gasteiger partial charge is 0.444 e. The van der Waals surface area contributed by atoms with E-state index in [1.165, 1.54) is 0 Å². The van der Waals surface area contributed by atoms with E-state index in [-0.39, 0.29) is 6.09 Å². The van der Waals surface area contributed by atoms with Crippen LogP contribution in [0.25, 0.3) is 0 Å². The van der Waals surface area contributed by atoms with Gasteiger partial charge in [-0.25, -0.2) is 4.79 Å². The zero-order valence-corrected chi connectivity index (χ0v) is 14.3. The zero-order valence-electron chi connectivity index (χ0n) is 14.3. The monoisotopic (exact) mass is 300 g/mol. The van der Waals surface area contributed by atoms with Crippen molar-refractivity contribution in [1.29, 1.82) is 0 Å². The van der Waals surface area contributed by atoms with Gasteiger partial charge in [-0.15, -0.1) is 0 Å². The van der Waals surface area contributed by atoms with E-state index in [0.29, 0.717) is 12.1 Å². The molecule has 1 amide bonds. The lowest BCUT2D eigenvalue weighted by molar-refractivity contribution is 0.0231. The normalized spacial score (nSPS) is 16.6. The summed E-state index contributed by atoms with van der Waals surface area (Å²) in [6.07, 6.45) is 4.01. The Morgan fingerprint density at radius 1 is 1.38 bits per heavy atom. The smallest absolute Gasteiger partial charge is 0.410 e. The molecule has 0 heterocycles. The van der Waals surface area contributed by atoms with E-state index < -0.39 is 5.60 Å².